The van der Waals surface area contributed by atoms with Crippen molar-refractivity contribution in [1.82, 2.24) is 0 Å². The molecule has 10 atom stereocenters. The van der Waals surface area contributed by atoms with Crippen LogP contribution in [0.5, 0.6) is 0 Å². The first kappa shape index (κ1) is 24.4. The van der Waals surface area contributed by atoms with E-state index in [1.54, 1.807) is 6.08 Å². The Morgan fingerprint density at radius 3 is 2.47 bits per heavy atom. The maximum atomic E-state index is 13.2. The molecule has 0 amide bonds. The van der Waals surface area contributed by atoms with Gasteiger partial charge in [-0.25, -0.2) is 0 Å². The van der Waals surface area contributed by atoms with E-state index in [1.807, 2.05) is 0 Å². The number of ketones is 1. The van der Waals surface area contributed by atoms with Crippen molar-refractivity contribution >= 4 is 5.78 Å². The second kappa shape index (κ2) is 8.18. The lowest BCUT2D eigenvalue weighted by Gasteiger charge is -2.60. The van der Waals surface area contributed by atoms with Crippen LogP contribution in [-0.4, -0.2) is 50.1 Å². The van der Waals surface area contributed by atoms with Crippen LogP contribution < -0.4 is 0 Å². The van der Waals surface area contributed by atoms with Crippen molar-refractivity contribution < 1.29 is 25.2 Å². The van der Waals surface area contributed by atoms with Gasteiger partial charge in [0.25, 0.3) is 0 Å². The highest BCUT2D eigenvalue weighted by Crippen LogP contribution is 2.68. The molecule has 5 heteroatoms. The van der Waals surface area contributed by atoms with Crippen molar-refractivity contribution in [3.8, 4) is 0 Å². The first-order chi connectivity index (χ1) is 14.8. The Balaban J connectivity index is 1.64. The van der Waals surface area contributed by atoms with Crippen LogP contribution in [0.4, 0.5) is 0 Å². The highest BCUT2D eigenvalue weighted by Gasteiger charge is 2.67. The van der Waals surface area contributed by atoms with Gasteiger partial charge in [-0.05, 0) is 92.1 Å². The van der Waals surface area contributed by atoms with Crippen molar-refractivity contribution in [1.29, 1.82) is 0 Å². The van der Waals surface area contributed by atoms with E-state index in [1.165, 1.54) is 5.92 Å². The lowest BCUT2D eigenvalue weighted by atomic mass is 9.46. The Morgan fingerprint density at radius 1 is 1.12 bits per heavy atom. The van der Waals surface area contributed by atoms with Gasteiger partial charge in [-0.15, -0.1) is 0 Å². The minimum Gasteiger partial charge on any atom is -0.393 e. The van der Waals surface area contributed by atoms with E-state index < -0.39 is 29.3 Å². The third-order valence-electron chi connectivity index (χ3n) is 10.4. The molecule has 0 aromatic heterocycles. The SMILES string of the molecule is C[C](C)CC[C@@H](O)[C@@H](C)[C@H]1CC[C@@]2(O)C3=CC(=O)[C@@H]4C[C@@H](O)[C@@H](O)C[C@]4(C)[C@H]3CC[C@]12C. The lowest BCUT2D eigenvalue weighted by Crippen LogP contribution is -2.61. The van der Waals surface area contributed by atoms with Crippen LogP contribution in [-0.2, 0) is 4.79 Å². The van der Waals surface area contributed by atoms with Gasteiger partial charge in [0.2, 0.25) is 0 Å². The van der Waals surface area contributed by atoms with E-state index in [4.69, 9.17) is 0 Å². The molecule has 0 unspecified atom stereocenters. The summed E-state index contributed by atoms with van der Waals surface area (Å²) in [7, 11) is 0. The first-order valence-electron chi connectivity index (χ1n) is 12.7. The summed E-state index contributed by atoms with van der Waals surface area (Å²) in [6.45, 7) is 10.6. The molecule has 181 valence electrons. The largest absolute Gasteiger partial charge is 0.393 e. The van der Waals surface area contributed by atoms with E-state index in [0.29, 0.717) is 19.3 Å². The fourth-order valence-electron chi connectivity index (χ4n) is 8.22. The third kappa shape index (κ3) is 3.45. The van der Waals surface area contributed by atoms with Gasteiger partial charge in [-0.3, -0.25) is 4.79 Å². The molecule has 32 heavy (non-hydrogen) atoms. The number of fused-ring (bicyclic) bond motifs is 5. The molecule has 4 N–H and O–H groups in total. The molecule has 0 aliphatic heterocycles. The number of rotatable bonds is 5. The van der Waals surface area contributed by atoms with Gasteiger partial charge in [0.15, 0.2) is 5.78 Å². The van der Waals surface area contributed by atoms with Gasteiger partial charge < -0.3 is 20.4 Å². The van der Waals surface area contributed by atoms with Crippen LogP contribution in [0.1, 0.15) is 86.0 Å². The zero-order chi connectivity index (χ0) is 23.6. The van der Waals surface area contributed by atoms with E-state index in [-0.39, 0.29) is 34.9 Å². The molecule has 0 spiro atoms. The summed E-state index contributed by atoms with van der Waals surface area (Å²) in [5.41, 5.74) is -1.00. The van der Waals surface area contributed by atoms with Crippen molar-refractivity contribution in [2.24, 2.45) is 34.5 Å². The molecule has 5 nitrogen and oxygen atoms in total. The molecule has 0 saturated heterocycles. The van der Waals surface area contributed by atoms with Crippen LogP contribution in [0.25, 0.3) is 0 Å². The normalized spacial score (nSPS) is 48.0. The van der Waals surface area contributed by atoms with Crippen LogP contribution in [0, 0.1) is 40.4 Å². The summed E-state index contributed by atoms with van der Waals surface area (Å²) in [6, 6.07) is 0. The molecule has 3 saturated carbocycles. The Kier molecular flexibility index (Phi) is 6.23. The Morgan fingerprint density at radius 2 is 1.81 bits per heavy atom. The summed E-state index contributed by atoms with van der Waals surface area (Å²) >= 11 is 0. The zero-order valence-corrected chi connectivity index (χ0v) is 20.5. The second-order valence-electron chi connectivity index (χ2n) is 12.3. The first-order valence-corrected chi connectivity index (χ1v) is 12.7. The van der Waals surface area contributed by atoms with Gasteiger partial charge in [-0.1, -0.05) is 34.6 Å². The number of aliphatic hydroxyl groups is 4. The van der Waals surface area contributed by atoms with Crippen molar-refractivity contribution in [2.45, 2.75) is 110 Å². The Hall–Kier alpha value is -0.750. The van der Waals surface area contributed by atoms with Gasteiger partial charge in [0.1, 0.15) is 0 Å². The maximum absolute atomic E-state index is 13.2. The van der Waals surface area contributed by atoms with Crippen LogP contribution in [0.15, 0.2) is 11.6 Å². The fraction of sp³-hybridized carbons (Fsp3) is 0.852. The number of hydrogen-bond acceptors (Lipinski definition) is 5. The summed E-state index contributed by atoms with van der Waals surface area (Å²) in [5, 5.41) is 43.8. The molecule has 0 aromatic rings. The molecular weight excluding hydrogens is 404 g/mol. The molecule has 4 aliphatic rings. The summed E-state index contributed by atoms with van der Waals surface area (Å²) < 4.78 is 0. The fourth-order valence-corrected chi connectivity index (χ4v) is 8.22. The minimum absolute atomic E-state index is 0.00661. The highest BCUT2D eigenvalue weighted by molar-refractivity contribution is 5.95. The predicted octanol–water partition coefficient (Wildman–Crippen LogP) is 3.58. The Labute approximate surface area is 193 Å². The number of allylic oxidation sites excluding steroid dienone is 1. The summed E-state index contributed by atoms with van der Waals surface area (Å²) in [5.74, 6) is 1.34. The molecule has 0 bridgehead atoms. The Bertz CT molecular complexity index is 776. The average molecular weight is 448 g/mol. The van der Waals surface area contributed by atoms with Gasteiger partial charge in [-0.2, -0.15) is 0 Å². The smallest absolute Gasteiger partial charge is 0.159 e. The van der Waals surface area contributed by atoms with Crippen molar-refractivity contribution in [2.75, 3.05) is 0 Å². The van der Waals surface area contributed by atoms with Gasteiger partial charge in [0, 0.05) is 11.3 Å². The second-order valence-corrected chi connectivity index (χ2v) is 12.3. The summed E-state index contributed by atoms with van der Waals surface area (Å²) in [6.07, 6.45) is 5.16. The number of carbonyl (C=O) groups excluding carboxylic acids is 1. The maximum Gasteiger partial charge on any atom is 0.159 e. The van der Waals surface area contributed by atoms with Gasteiger partial charge >= 0.3 is 0 Å². The van der Waals surface area contributed by atoms with Crippen molar-refractivity contribution in [3.63, 3.8) is 0 Å². The number of carbonyl (C=O) groups is 1. The number of hydrogen-bond donors (Lipinski definition) is 4. The van der Waals surface area contributed by atoms with E-state index >= 15 is 0 Å². The summed E-state index contributed by atoms with van der Waals surface area (Å²) in [4.78, 5) is 13.2. The lowest BCUT2D eigenvalue weighted by molar-refractivity contribution is -0.154. The third-order valence-corrected chi connectivity index (χ3v) is 10.4. The van der Waals surface area contributed by atoms with E-state index in [0.717, 1.165) is 37.7 Å². The molecule has 0 aromatic carbocycles. The van der Waals surface area contributed by atoms with Gasteiger partial charge in [0.05, 0.1) is 23.9 Å². The van der Waals surface area contributed by atoms with Crippen LogP contribution in [0.2, 0.25) is 0 Å². The van der Waals surface area contributed by atoms with Crippen LogP contribution >= 0.6 is 0 Å². The van der Waals surface area contributed by atoms with E-state index in [9.17, 15) is 25.2 Å². The molecule has 0 heterocycles. The zero-order valence-electron chi connectivity index (χ0n) is 20.5. The predicted molar refractivity (Wildman–Crippen MR) is 123 cm³/mol. The monoisotopic (exact) mass is 447 g/mol. The van der Waals surface area contributed by atoms with E-state index in [2.05, 4.69) is 34.6 Å². The molecular formula is C27H43O5. The quantitative estimate of drug-likeness (QED) is 0.516. The van der Waals surface area contributed by atoms with Crippen LogP contribution in [0.3, 0.4) is 0 Å². The average Bonchev–Trinajstić information content (AvgIpc) is 2.99. The molecule has 1 radical (unpaired) electrons. The number of aliphatic hydroxyl groups excluding tert-OH is 3. The molecule has 4 aliphatic carbocycles. The van der Waals surface area contributed by atoms with Crippen molar-refractivity contribution in [3.05, 3.63) is 17.6 Å². The standard InChI is InChI=1S/C27H43O5/c1-15(2)6-7-21(28)16(3)17-9-11-27(32)19-12-22(29)20-13-23(30)24(31)14-25(20,4)18(19)8-10-26(17,27)5/h12,16-18,20-21,23-24,28,30-32H,6-11,13-14H2,1-5H3/t16-,17+,18-,20-,21+,23+,24-,25+,26+,27+/m0/s1. The molecule has 4 rings (SSSR count). The minimum atomic E-state index is -1.05. The highest BCUT2D eigenvalue weighted by atomic mass is 16.3. The topological polar surface area (TPSA) is 98.0 Å². The molecule has 3 fully saturated rings.